The fraction of sp³-hybridized carbons (Fsp3) is 1.00. The molecule has 2 heteroatoms. The van der Waals surface area contributed by atoms with E-state index in [1.165, 1.54) is 83.6 Å². The van der Waals surface area contributed by atoms with Crippen molar-refractivity contribution in [2.45, 2.75) is 88.8 Å². The highest BCUT2D eigenvalue weighted by Gasteiger charge is 2.40. The SMILES string of the molecule is C1CCC2(CC1)CCC(CNCCC1CCCC1)O2. The van der Waals surface area contributed by atoms with Gasteiger partial charge in [0.15, 0.2) is 0 Å². The molecular formula is C17H31NO. The Morgan fingerprint density at radius 2 is 1.68 bits per heavy atom. The topological polar surface area (TPSA) is 21.3 Å². The van der Waals surface area contributed by atoms with Gasteiger partial charge in [-0.05, 0) is 44.6 Å². The fourth-order valence-electron chi connectivity index (χ4n) is 4.47. The molecule has 0 bridgehead atoms. The van der Waals surface area contributed by atoms with Gasteiger partial charge in [0, 0.05) is 6.54 Å². The summed E-state index contributed by atoms with van der Waals surface area (Å²) in [6.07, 6.45) is 17.3. The summed E-state index contributed by atoms with van der Waals surface area (Å²) in [6.45, 7) is 2.30. The molecular weight excluding hydrogens is 234 g/mol. The normalized spacial score (nSPS) is 31.3. The highest BCUT2D eigenvalue weighted by atomic mass is 16.5. The van der Waals surface area contributed by atoms with Crippen LogP contribution in [0.25, 0.3) is 0 Å². The van der Waals surface area contributed by atoms with E-state index >= 15 is 0 Å². The molecule has 1 atom stereocenters. The van der Waals surface area contributed by atoms with Crippen molar-refractivity contribution >= 4 is 0 Å². The van der Waals surface area contributed by atoms with Crippen molar-refractivity contribution in [1.29, 1.82) is 0 Å². The second kappa shape index (κ2) is 6.58. The van der Waals surface area contributed by atoms with Crippen LogP contribution in [-0.2, 0) is 4.74 Å². The first-order chi connectivity index (χ1) is 9.36. The molecule has 0 amide bonds. The average Bonchev–Trinajstić information content (AvgIpc) is 3.07. The van der Waals surface area contributed by atoms with Crippen LogP contribution in [0.4, 0.5) is 0 Å². The summed E-state index contributed by atoms with van der Waals surface area (Å²) in [5, 5.41) is 3.65. The van der Waals surface area contributed by atoms with E-state index in [1.54, 1.807) is 0 Å². The number of nitrogens with one attached hydrogen (secondary N) is 1. The van der Waals surface area contributed by atoms with Crippen LogP contribution < -0.4 is 5.32 Å². The number of ether oxygens (including phenoxy) is 1. The maximum Gasteiger partial charge on any atom is 0.0708 e. The molecule has 0 aromatic heterocycles. The summed E-state index contributed by atoms with van der Waals surface area (Å²) < 4.78 is 6.40. The first kappa shape index (κ1) is 13.9. The van der Waals surface area contributed by atoms with E-state index in [2.05, 4.69) is 5.32 Å². The van der Waals surface area contributed by atoms with E-state index in [0.29, 0.717) is 11.7 Å². The minimum atomic E-state index is 0.302. The second-order valence-corrected chi connectivity index (χ2v) is 7.17. The number of rotatable bonds is 5. The first-order valence-corrected chi connectivity index (χ1v) is 8.75. The van der Waals surface area contributed by atoms with Crippen molar-refractivity contribution in [1.82, 2.24) is 5.32 Å². The van der Waals surface area contributed by atoms with Crippen molar-refractivity contribution in [2.75, 3.05) is 13.1 Å². The molecule has 2 nitrogen and oxygen atoms in total. The van der Waals surface area contributed by atoms with E-state index in [1.807, 2.05) is 0 Å². The van der Waals surface area contributed by atoms with Crippen molar-refractivity contribution in [3.8, 4) is 0 Å². The maximum atomic E-state index is 6.40. The molecule has 0 aromatic carbocycles. The molecule has 0 radical (unpaired) electrons. The fourth-order valence-corrected chi connectivity index (χ4v) is 4.47. The zero-order valence-electron chi connectivity index (χ0n) is 12.5. The Kier molecular flexibility index (Phi) is 4.81. The van der Waals surface area contributed by atoms with E-state index < -0.39 is 0 Å². The Morgan fingerprint density at radius 1 is 0.895 bits per heavy atom. The van der Waals surface area contributed by atoms with Crippen LogP contribution in [0.3, 0.4) is 0 Å². The minimum Gasteiger partial charge on any atom is -0.370 e. The molecule has 1 spiro atoms. The zero-order chi connectivity index (χ0) is 13.0. The molecule has 2 saturated carbocycles. The predicted molar refractivity (Wildman–Crippen MR) is 79.4 cm³/mol. The van der Waals surface area contributed by atoms with E-state index in [4.69, 9.17) is 4.74 Å². The zero-order valence-corrected chi connectivity index (χ0v) is 12.5. The van der Waals surface area contributed by atoms with E-state index in [-0.39, 0.29) is 0 Å². The van der Waals surface area contributed by atoms with Gasteiger partial charge in [-0.15, -0.1) is 0 Å². The van der Waals surface area contributed by atoms with Crippen molar-refractivity contribution in [2.24, 2.45) is 5.92 Å². The van der Waals surface area contributed by atoms with Gasteiger partial charge in [0.05, 0.1) is 11.7 Å². The monoisotopic (exact) mass is 265 g/mol. The molecule has 1 aliphatic heterocycles. The Morgan fingerprint density at radius 3 is 2.47 bits per heavy atom. The molecule has 1 saturated heterocycles. The highest BCUT2D eigenvalue weighted by molar-refractivity contribution is 4.91. The molecule has 1 heterocycles. The van der Waals surface area contributed by atoms with Gasteiger partial charge in [0.1, 0.15) is 0 Å². The third-order valence-corrected chi connectivity index (χ3v) is 5.68. The molecule has 19 heavy (non-hydrogen) atoms. The number of hydrogen-bond donors (Lipinski definition) is 1. The molecule has 3 fully saturated rings. The van der Waals surface area contributed by atoms with Gasteiger partial charge in [-0.2, -0.15) is 0 Å². The Labute approximate surface area is 118 Å². The minimum absolute atomic E-state index is 0.302. The summed E-state index contributed by atoms with van der Waals surface area (Å²) in [4.78, 5) is 0. The smallest absolute Gasteiger partial charge is 0.0708 e. The summed E-state index contributed by atoms with van der Waals surface area (Å²) in [5.41, 5.74) is 0.302. The molecule has 1 N–H and O–H groups in total. The van der Waals surface area contributed by atoms with Crippen LogP contribution in [0.15, 0.2) is 0 Å². The van der Waals surface area contributed by atoms with Crippen molar-refractivity contribution < 1.29 is 4.74 Å². The van der Waals surface area contributed by atoms with Crippen LogP contribution >= 0.6 is 0 Å². The van der Waals surface area contributed by atoms with Crippen molar-refractivity contribution in [3.05, 3.63) is 0 Å². The Hall–Kier alpha value is -0.0800. The van der Waals surface area contributed by atoms with Crippen LogP contribution in [0.1, 0.15) is 77.0 Å². The number of hydrogen-bond acceptors (Lipinski definition) is 2. The molecule has 110 valence electrons. The van der Waals surface area contributed by atoms with Gasteiger partial charge >= 0.3 is 0 Å². The van der Waals surface area contributed by atoms with Crippen molar-refractivity contribution in [3.63, 3.8) is 0 Å². The lowest BCUT2D eigenvalue weighted by molar-refractivity contribution is -0.0623. The van der Waals surface area contributed by atoms with Gasteiger partial charge in [-0.1, -0.05) is 44.9 Å². The highest BCUT2D eigenvalue weighted by Crippen LogP contribution is 2.41. The molecule has 3 aliphatic rings. The second-order valence-electron chi connectivity index (χ2n) is 7.17. The average molecular weight is 265 g/mol. The van der Waals surface area contributed by atoms with Gasteiger partial charge in [-0.25, -0.2) is 0 Å². The Balaban J connectivity index is 1.31. The van der Waals surface area contributed by atoms with Crippen LogP contribution in [0, 0.1) is 5.92 Å². The third kappa shape index (κ3) is 3.72. The lowest BCUT2D eigenvalue weighted by Crippen LogP contribution is -2.35. The Bertz CT molecular complexity index is 266. The first-order valence-electron chi connectivity index (χ1n) is 8.75. The molecule has 1 unspecified atom stereocenters. The van der Waals surface area contributed by atoms with Crippen LogP contribution in [0.5, 0.6) is 0 Å². The predicted octanol–water partition coefficient (Wildman–Crippen LogP) is 4.04. The maximum absolute atomic E-state index is 6.40. The largest absolute Gasteiger partial charge is 0.370 e. The molecule has 2 aliphatic carbocycles. The summed E-state index contributed by atoms with van der Waals surface area (Å²) in [5.74, 6) is 1.02. The third-order valence-electron chi connectivity index (χ3n) is 5.68. The van der Waals surface area contributed by atoms with Gasteiger partial charge < -0.3 is 10.1 Å². The van der Waals surface area contributed by atoms with Gasteiger partial charge in [0.25, 0.3) is 0 Å². The molecule has 3 rings (SSSR count). The lowest BCUT2D eigenvalue weighted by atomic mass is 9.83. The quantitative estimate of drug-likeness (QED) is 0.758. The summed E-state index contributed by atoms with van der Waals surface area (Å²) >= 11 is 0. The van der Waals surface area contributed by atoms with Crippen LogP contribution in [-0.4, -0.2) is 24.8 Å². The summed E-state index contributed by atoms with van der Waals surface area (Å²) in [7, 11) is 0. The van der Waals surface area contributed by atoms with Gasteiger partial charge in [-0.3, -0.25) is 0 Å². The standard InChI is InChI=1S/C17H31NO/c1-4-10-17(11-5-1)12-8-16(19-17)14-18-13-9-15-6-2-3-7-15/h15-16,18H,1-14H2. The van der Waals surface area contributed by atoms with E-state index in [0.717, 1.165) is 12.5 Å². The van der Waals surface area contributed by atoms with Gasteiger partial charge in [0.2, 0.25) is 0 Å². The van der Waals surface area contributed by atoms with Crippen LogP contribution in [0.2, 0.25) is 0 Å². The summed E-state index contributed by atoms with van der Waals surface area (Å²) in [6, 6.07) is 0. The lowest BCUT2D eigenvalue weighted by Gasteiger charge is -2.33. The van der Waals surface area contributed by atoms with E-state index in [9.17, 15) is 0 Å². The molecule has 0 aromatic rings.